The normalized spacial score (nSPS) is 11.8. The van der Waals surface area contributed by atoms with Gasteiger partial charge in [-0.25, -0.2) is 14.1 Å². The third-order valence-electron chi connectivity index (χ3n) is 4.63. The van der Waals surface area contributed by atoms with Crippen LogP contribution in [0, 0.1) is 17.1 Å². The molecule has 16 heteroatoms. The Bertz CT molecular complexity index is 1480. The van der Waals surface area contributed by atoms with Crippen molar-refractivity contribution in [1.29, 1.82) is 5.26 Å². The topological polar surface area (TPSA) is 114 Å². The number of alkyl halides is 6. The average Bonchev–Trinajstić information content (AvgIpc) is 3.48. The quantitative estimate of drug-likeness (QED) is 0.413. The molecule has 1 aromatic carbocycles. The van der Waals surface area contributed by atoms with Crippen molar-refractivity contribution in [2.24, 2.45) is 0 Å². The predicted molar refractivity (Wildman–Crippen MR) is 105 cm³/mol. The van der Waals surface area contributed by atoms with Gasteiger partial charge >= 0.3 is 12.4 Å². The molecule has 0 aliphatic carbocycles. The number of hydrogen-bond donors (Lipinski definition) is 1. The van der Waals surface area contributed by atoms with E-state index >= 15 is 0 Å². The van der Waals surface area contributed by atoms with Crippen molar-refractivity contribution in [2.75, 3.05) is 5.32 Å². The Morgan fingerprint density at radius 1 is 0.972 bits per heavy atom. The molecule has 1 N–H and O–H groups in total. The van der Waals surface area contributed by atoms with Crippen LogP contribution >= 0.6 is 0 Å². The molecule has 0 unspecified atom stereocenters. The summed E-state index contributed by atoms with van der Waals surface area (Å²) in [5.74, 6) is -2.76. The van der Waals surface area contributed by atoms with Gasteiger partial charge in [0.15, 0.2) is 11.5 Å². The van der Waals surface area contributed by atoms with Crippen LogP contribution in [-0.2, 0) is 12.4 Å². The smallest absolute Gasteiger partial charge is 0.320 e. The number of benzene rings is 1. The Hall–Kier alpha value is -4.81. The highest BCUT2D eigenvalue weighted by Gasteiger charge is 2.43. The Labute approximate surface area is 195 Å². The molecule has 0 atom stereocenters. The number of anilines is 1. The largest absolute Gasteiger partial charge is 0.434 e. The SMILES string of the molecule is N#Cc1cc(NC(=O)c2cnn(-c3ccc(F)cc3C(F)(F)F)c2C(F)(F)F)cnc1-n1nccn1. The fourth-order valence-electron chi connectivity index (χ4n) is 3.18. The highest BCUT2D eigenvalue weighted by molar-refractivity contribution is 6.05. The summed E-state index contributed by atoms with van der Waals surface area (Å²) in [5.41, 5.74) is -6.17. The Balaban J connectivity index is 1.75. The van der Waals surface area contributed by atoms with Crippen LogP contribution in [0.5, 0.6) is 0 Å². The van der Waals surface area contributed by atoms with Crippen molar-refractivity contribution in [3.05, 3.63) is 77.3 Å². The number of carbonyl (C=O) groups excluding carboxylic acids is 1. The van der Waals surface area contributed by atoms with E-state index < -0.39 is 46.6 Å². The van der Waals surface area contributed by atoms with E-state index in [0.29, 0.717) is 18.3 Å². The summed E-state index contributed by atoms with van der Waals surface area (Å²) in [6.07, 6.45) is -6.52. The summed E-state index contributed by atoms with van der Waals surface area (Å²) in [7, 11) is 0. The first-order valence-electron chi connectivity index (χ1n) is 9.50. The second-order valence-corrected chi connectivity index (χ2v) is 6.96. The number of carbonyl (C=O) groups is 1. The maximum Gasteiger partial charge on any atom is 0.434 e. The van der Waals surface area contributed by atoms with Crippen LogP contribution < -0.4 is 5.32 Å². The van der Waals surface area contributed by atoms with Crippen molar-refractivity contribution < 1.29 is 35.5 Å². The van der Waals surface area contributed by atoms with E-state index in [0.717, 1.165) is 17.1 Å². The standard InChI is InChI=1S/C20H9F7N8O/c21-11-1-2-15(14(6-11)19(22,23)24)34-16(20(25,26)27)13(9-32-34)18(36)33-12-5-10(7-28)17(29-8-12)35-30-3-4-31-35/h1-6,8-9H,(H,33,36). The lowest BCUT2D eigenvalue weighted by Gasteiger charge is -2.17. The predicted octanol–water partition coefficient (Wildman–Crippen LogP) is 4.15. The zero-order valence-electron chi connectivity index (χ0n) is 17.3. The third-order valence-corrected chi connectivity index (χ3v) is 4.63. The van der Waals surface area contributed by atoms with Crippen LogP contribution in [0.4, 0.5) is 36.4 Å². The molecule has 1 amide bonds. The van der Waals surface area contributed by atoms with Crippen LogP contribution in [0.3, 0.4) is 0 Å². The molecule has 0 aliphatic rings. The molecular formula is C20H9F7N8O. The highest BCUT2D eigenvalue weighted by atomic mass is 19.4. The lowest BCUT2D eigenvalue weighted by molar-refractivity contribution is -0.145. The number of pyridine rings is 1. The van der Waals surface area contributed by atoms with E-state index in [4.69, 9.17) is 0 Å². The summed E-state index contributed by atoms with van der Waals surface area (Å²) in [6.45, 7) is 0. The van der Waals surface area contributed by atoms with E-state index in [1.54, 1.807) is 6.07 Å². The van der Waals surface area contributed by atoms with Gasteiger partial charge in [0.25, 0.3) is 5.91 Å². The molecule has 3 aromatic heterocycles. The highest BCUT2D eigenvalue weighted by Crippen LogP contribution is 2.39. The summed E-state index contributed by atoms with van der Waals surface area (Å²) in [4.78, 5) is 17.6. The first kappa shape index (κ1) is 24.3. The van der Waals surface area contributed by atoms with Crippen molar-refractivity contribution in [1.82, 2.24) is 29.8 Å². The maximum absolute atomic E-state index is 13.9. The van der Waals surface area contributed by atoms with Crippen LogP contribution in [-0.4, -0.2) is 35.7 Å². The van der Waals surface area contributed by atoms with E-state index in [-0.39, 0.29) is 27.8 Å². The number of halogens is 7. The van der Waals surface area contributed by atoms with Gasteiger partial charge in [0, 0.05) is 0 Å². The molecular weight excluding hydrogens is 501 g/mol. The van der Waals surface area contributed by atoms with E-state index in [1.807, 2.05) is 0 Å². The minimum atomic E-state index is -5.34. The molecule has 0 radical (unpaired) electrons. The lowest BCUT2D eigenvalue weighted by atomic mass is 10.1. The van der Waals surface area contributed by atoms with Crippen molar-refractivity contribution >= 4 is 11.6 Å². The lowest BCUT2D eigenvalue weighted by Crippen LogP contribution is -2.22. The van der Waals surface area contributed by atoms with Crippen molar-refractivity contribution in [3.63, 3.8) is 0 Å². The number of rotatable bonds is 4. The Morgan fingerprint density at radius 2 is 1.67 bits per heavy atom. The first-order chi connectivity index (χ1) is 16.9. The molecule has 4 rings (SSSR count). The van der Waals surface area contributed by atoms with Gasteiger partial charge in [0.2, 0.25) is 0 Å². The van der Waals surface area contributed by atoms with E-state index in [1.165, 1.54) is 12.4 Å². The summed E-state index contributed by atoms with van der Waals surface area (Å²) in [6, 6.07) is 3.87. The Kier molecular flexibility index (Phi) is 5.92. The van der Waals surface area contributed by atoms with Gasteiger partial charge in [-0.15, -0.1) is 4.80 Å². The second-order valence-electron chi connectivity index (χ2n) is 6.96. The minimum Gasteiger partial charge on any atom is -0.320 e. The number of nitrogens with zero attached hydrogens (tertiary/aromatic N) is 7. The maximum atomic E-state index is 13.9. The van der Waals surface area contributed by atoms with Gasteiger partial charge in [-0.1, -0.05) is 0 Å². The van der Waals surface area contributed by atoms with Crippen LogP contribution in [0.2, 0.25) is 0 Å². The second kappa shape index (κ2) is 8.76. The fourth-order valence-corrected chi connectivity index (χ4v) is 3.18. The van der Waals surface area contributed by atoms with Gasteiger partial charge in [0.1, 0.15) is 17.4 Å². The van der Waals surface area contributed by atoms with Crippen LogP contribution in [0.25, 0.3) is 11.5 Å². The van der Waals surface area contributed by atoms with Gasteiger partial charge in [-0.2, -0.15) is 46.9 Å². The Morgan fingerprint density at radius 3 is 2.28 bits per heavy atom. The molecule has 0 fully saturated rings. The average molecular weight is 510 g/mol. The van der Waals surface area contributed by atoms with E-state index in [2.05, 4.69) is 25.6 Å². The van der Waals surface area contributed by atoms with E-state index in [9.17, 15) is 40.8 Å². The molecule has 0 bridgehead atoms. The third kappa shape index (κ3) is 4.58. The molecule has 0 spiro atoms. The molecule has 9 nitrogen and oxygen atoms in total. The molecule has 0 saturated carbocycles. The van der Waals surface area contributed by atoms with Crippen molar-refractivity contribution in [3.8, 4) is 17.6 Å². The van der Waals surface area contributed by atoms with Gasteiger partial charge < -0.3 is 5.32 Å². The summed E-state index contributed by atoms with van der Waals surface area (Å²) >= 11 is 0. The summed E-state index contributed by atoms with van der Waals surface area (Å²) < 4.78 is 95.1. The number of hydrogen-bond acceptors (Lipinski definition) is 6. The first-order valence-corrected chi connectivity index (χ1v) is 9.50. The number of nitrogens with one attached hydrogen (secondary N) is 1. The van der Waals surface area contributed by atoms with Crippen LogP contribution in [0.15, 0.2) is 49.1 Å². The van der Waals surface area contributed by atoms with Gasteiger partial charge in [0.05, 0.1) is 47.3 Å². The molecule has 0 saturated heterocycles. The molecule has 3 heterocycles. The van der Waals surface area contributed by atoms with Gasteiger partial charge in [-0.3, -0.25) is 4.79 Å². The summed E-state index contributed by atoms with van der Waals surface area (Å²) in [5, 5.41) is 22.4. The molecule has 0 aliphatic heterocycles. The van der Waals surface area contributed by atoms with Gasteiger partial charge in [-0.05, 0) is 24.3 Å². The van der Waals surface area contributed by atoms with Crippen molar-refractivity contribution in [2.45, 2.75) is 12.4 Å². The molecule has 184 valence electrons. The zero-order valence-corrected chi connectivity index (χ0v) is 17.3. The zero-order chi connectivity index (χ0) is 26.3. The molecule has 4 aromatic rings. The molecule has 36 heavy (non-hydrogen) atoms. The fraction of sp³-hybridized carbons (Fsp3) is 0.100. The van der Waals surface area contributed by atoms with Crippen LogP contribution in [0.1, 0.15) is 27.2 Å². The number of amides is 1. The number of aromatic nitrogens is 6. The monoisotopic (exact) mass is 510 g/mol. The number of nitriles is 1. The minimum absolute atomic E-state index is 0.0159.